The van der Waals surface area contributed by atoms with Crippen LogP contribution in [-0.2, 0) is 9.59 Å². The van der Waals surface area contributed by atoms with E-state index in [0.717, 1.165) is 15.8 Å². The number of furan rings is 1. The molecule has 2 aromatic heterocycles. The lowest BCUT2D eigenvalue weighted by molar-refractivity contribution is -0.132. The lowest BCUT2D eigenvalue weighted by Gasteiger charge is -2.20. The third kappa shape index (κ3) is 3.58. The number of anilines is 1. The molecule has 1 aliphatic rings. The first-order valence-electron chi connectivity index (χ1n) is 10.4. The van der Waals surface area contributed by atoms with E-state index in [1.54, 1.807) is 36.4 Å². The number of aryl methyl sites for hydroxylation is 1. The quantitative estimate of drug-likeness (QED) is 0.249. The van der Waals surface area contributed by atoms with Crippen molar-refractivity contribution in [1.82, 2.24) is 4.98 Å². The SMILES string of the molecule is CCOc1ccc(/C(O)=C2\C(=O)C(=O)N(c3nc4ccc(C)cc4s3)C2c2ccco2)cc1. The van der Waals surface area contributed by atoms with Crippen LogP contribution >= 0.6 is 11.3 Å². The third-order valence-corrected chi connectivity index (χ3v) is 6.45. The van der Waals surface area contributed by atoms with E-state index in [2.05, 4.69) is 4.98 Å². The van der Waals surface area contributed by atoms with Crippen molar-refractivity contribution >= 4 is 44.1 Å². The molecule has 8 heteroatoms. The second-order valence-electron chi connectivity index (χ2n) is 7.61. The van der Waals surface area contributed by atoms with Crippen LogP contribution in [0.25, 0.3) is 16.0 Å². The summed E-state index contributed by atoms with van der Waals surface area (Å²) in [6, 6.07) is 14.9. The zero-order valence-electron chi connectivity index (χ0n) is 17.9. The molecule has 5 rings (SSSR count). The molecule has 1 N–H and O–H groups in total. The lowest BCUT2D eigenvalue weighted by Crippen LogP contribution is -2.29. The molecule has 1 amide bonds. The first-order chi connectivity index (χ1) is 16.0. The standard InChI is InChI=1S/C25H20N2O5S/c1-3-31-16-9-7-15(8-10-16)22(28)20-21(18-5-4-12-32-18)27(24(30)23(20)29)25-26-17-11-6-14(2)13-19(17)33-25/h4-13,21,28H,3H2,1-2H3/b22-20+. The van der Waals surface area contributed by atoms with Crippen molar-refractivity contribution < 1.29 is 23.8 Å². The summed E-state index contributed by atoms with van der Waals surface area (Å²) in [5.74, 6) is -0.839. The number of aromatic nitrogens is 1. The van der Waals surface area contributed by atoms with Gasteiger partial charge in [0, 0.05) is 5.56 Å². The molecule has 1 aliphatic heterocycles. The number of rotatable bonds is 5. The Morgan fingerprint density at radius 2 is 1.97 bits per heavy atom. The van der Waals surface area contributed by atoms with Crippen molar-refractivity contribution in [3.05, 3.63) is 83.3 Å². The summed E-state index contributed by atoms with van der Waals surface area (Å²) in [6.07, 6.45) is 1.47. The first kappa shape index (κ1) is 21.0. The van der Waals surface area contributed by atoms with Gasteiger partial charge >= 0.3 is 5.91 Å². The van der Waals surface area contributed by atoms with Gasteiger partial charge in [0.15, 0.2) is 5.13 Å². The number of thiazole rings is 1. The van der Waals surface area contributed by atoms with Crippen molar-refractivity contribution in [3.8, 4) is 5.75 Å². The van der Waals surface area contributed by atoms with Gasteiger partial charge < -0.3 is 14.3 Å². The van der Waals surface area contributed by atoms with Crippen LogP contribution in [0.3, 0.4) is 0 Å². The fourth-order valence-electron chi connectivity index (χ4n) is 3.90. The molecule has 0 saturated carbocycles. The van der Waals surface area contributed by atoms with Crippen LogP contribution in [0.4, 0.5) is 5.13 Å². The van der Waals surface area contributed by atoms with E-state index in [0.29, 0.717) is 28.8 Å². The van der Waals surface area contributed by atoms with Crippen molar-refractivity contribution in [3.63, 3.8) is 0 Å². The highest BCUT2D eigenvalue weighted by atomic mass is 32.1. The maximum absolute atomic E-state index is 13.2. The highest BCUT2D eigenvalue weighted by molar-refractivity contribution is 7.22. The number of aliphatic hydroxyl groups excluding tert-OH is 1. The van der Waals surface area contributed by atoms with E-state index in [-0.39, 0.29) is 11.3 Å². The minimum absolute atomic E-state index is 0.0467. The van der Waals surface area contributed by atoms with Gasteiger partial charge in [0.25, 0.3) is 5.78 Å². The predicted molar refractivity (Wildman–Crippen MR) is 125 cm³/mol. The minimum atomic E-state index is -0.937. The van der Waals surface area contributed by atoms with Crippen LogP contribution in [0.5, 0.6) is 5.75 Å². The fourth-order valence-corrected chi connectivity index (χ4v) is 4.99. The molecule has 166 valence electrons. The van der Waals surface area contributed by atoms with Gasteiger partial charge in [-0.1, -0.05) is 17.4 Å². The molecule has 33 heavy (non-hydrogen) atoms. The number of hydrogen-bond acceptors (Lipinski definition) is 7. The summed E-state index contributed by atoms with van der Waals surface area (Å²) in [5.41, 5.74) is 2.15. The molecular weight excluding hydrogens is 440 g/mol. The van der Waals surface area contributed by atoms with Crippen molar-refractivity contribution in [1.29, 1.82) is 0 Å². The number of fused-ring (bicyclic) bond motifs is 1. The van der Waals surface area contributed by atoms with Gasteiger partial charge in [-0.2, -0.15) is 0 Å². The zero-order valence-corrected chi connectivity index (χ0v) is 18.8. The van der Waals surface area contributed by atoms with E-state index in [1.165, 1.54) is 22.5 Å². The number of benzene rings is 2. The smallest absolute Gasteiger partial charge is 0.302 e. The van der Waals surface area contributed by atoms with E-state index in [9.17, 15) is 14.7 Å². The summed E-state index contributed by atoms with van der Waals surface area (Å²) >= 11 is 1.31. The maximum Gasteiger partial charge on any atom is 0.302 e. The number of aliphatic hydroxyl groups is 1. The summed E-state index contributed by atoms with van der Waals surface area (Å²) in [7, 11) is 0. The maximum atomic E-state index is 13.2. The van der Waals surface area contributed by atoms with Crippen LogP contribution in [0.15, 0.2) is 70.9 Å². The predicted octanol–water partition coefficient (Wildman–Crippen LogP) is 5.22. The Kier molecular flexibility index (Phi) is 5.22. The molecule has 0 aliphatic carbocycles. The van der Waals surface area contributed by atoms with Gasteiger partial charge in [0.05, 0.1) is 28.7 Å². The Balaban J connectivity index is 1.65. The number of nitrogens with zero attached hydrogens (tertiary/aromatic N) is 2. The summed E-state index contributed by atoms with van der Waals surface area (Å²) in [5, 5.41) is 11.5. The molecule has 1 unspecified atom stereocenters. The Labute approximate surface area is 193 Å². The van der Waals surface area contributed by atoms with Crippen LogP contribution in [-0.4, -0.2) is 28.4 Å². The second-order valence-corrected chi connectivity index (χ2v) is 8.62. The topological polar surface area (TPSA) is 92.9 Å². The molecule has 1 saturated heterocycles. The van der Waals surface area contributed by atoms with Crippen LogP contribution in [0, 0.1) is 6.92 Å². The zero-order chi connectivity index (χ0) is 23.1. The number of ketones is 1. The number of amides is 1. The lowest BCUT2D eigenvalue weighted by atomic mass is 9.99. The van der Waals surface area contributed by atoms with E-state index in [1.807, 2.05) is 32.0 Å². The van der Waals surface area contributed by atoms with E-state index >= 15 is 0 Å². The van der Waals surface area contributed by atoms with Crippen LogP contribution < -0.4 is 9.64 Å². The summed E-state index contributed by atoms with van der Waals surface area (Å²) in [4.78, 5) is 32.2. The van der Waals surface area contributed by atoms with Gasteiger partial charge in [-0.05, 0) is 67.9 Å². The fraction of sp³-hybridized carbons (Fsp3) is 0.160. The molecule has 7 nitrogen and oxygen atoms in total. The Bertz CT molecular complexity index is 1390. The van der Waals surface area contributed by atoms with Crippen molar-refractivity contribution in [2.75, 3.05) is 11.5 Å². The van der Waals surface area contributed by atoms with Gasteiger partial charge in [0.1, 0.15) is 23.3 Å². The largest absolute Gasteiger partial charge is 0.507 e. The highest BCUT2D eigenvalue weighted by Gasteiger charge is 2.49. The van der Waals surface area contributed by atoms with Gasteiger partial charge in [-0.15, -0.1) is 0 Å². The summed E-state index contributed by atoms with van der Waals surface area (Å²) < 4.78 is 11.9. The van der Waals surface area contributed by atoms with Gasteiger partial charge in [0.2, 0.25) is 0 Å². The van der Waals surface area contributed by atoms with Gasteiger partial charge in [-0.25, -0.2) is 4.98 Å². The van der Waals surface area contributed by atoms with E-state index in [4.69, 9.17) is 9.15 Å². The minimum Gasteiger partial charge on any atom is -0.507 e. The van der Waals surface area contributed by atoms with Gasteiger partial charge in [-0.3, -0.25) is 14.5 Å². The van der Waals surface area contributed by atoms with Crippen molar-refractivity contribution in [2.45, 2.75) is 19.9 Å². The normalized spacial score (nSPS) is 17.8. The van der Waals surface area contributed by atoms with Crippen molar-refractivity contribution in [2.24, 2.45) is 0 Å². The number of carbonyl (C=O) groups excluding carboxylic acids is 2. The average molecular weight is 461 g/mol. The molecule has 0 radical (unpaired) electrons. The summed E-state index contributed by atoms with van der Waals surface area (Å²) in [6.45, 7) is 4.36. The number of Topliss-reactive ketones (excluding diaryl/α,β-unsaturated/α-hetero) is 1. The van der Waals surface area contributed by atoms with E-state index < -0.39 is 17.7 Å². The molecular formula is C25H20N2O5S. The molecule has 3 heterocycles. The number of carbonyl (C=O) groups is 2. The molecule has 1 atom stereocenters. The molecule has 0 bridgehead atoms. The Hall–Kier alpha value is -3.91. The number of hydrogen-bond donors (Lipinski definition) is 1. The Morgan fingerprint density at radius 1 is 1.18 bits per heavy atom. The molecule has 0 spiro atoms. The molecule has 2 aromatic carbocycles. The Morgan fingerprint density at radius 3 is 2.67 bits per heavy atom. The van der Waals surface area contributed by atoms with Crippen LogP contribution in [0.2, 0.25) is 0 Å². The monoisotopic (exact) mass is 460 g/mol. The molecule has 1 fully saturated rings. The molecule has 4 aromatic rings. The third-order valence-electron chi connectivity index (χ3n) is 5.43. The highest BCUT2D eigenvalue weighted by Crippen LogP contribution is 2.44. The average Bonchev–Trinajstić information content (AvgIpc) is 3.53. The first-order valence-corrected chi connectivity index (χ1v) is 11.2. The number of ether oxygens (including phenoxy) is 1. The van der Waals surface area contributed by atoms with Crippen LogP contribution in [0.1, 0.15) is 29.9 Å². The second kappa shape index (κ2) is 8.22.